The Morgan fingerprint density at radius 2 is 1.72 bits per heavy atom. The smallest absolute Gasteiger partial charge is 0.369 e. The molecule has 0 saturated carbocycles. The van der Waals surface area contributed by atoms with Gasteiger partial charge in [0.25, 0.3) is 0 Å². The van der Waals surface area contributed by atoms with Gasteiger partial charge in [-0.2, -0.15) is 13.2 Å². The van der Waals surface area contributed by atoms with Crippen LogP contribution in [-0.4, -0.2) is 50.1 Å². The molecule has 1 fully saturated rings. The monoisotopic (exact) mass is 425 g/mol. The van der Waals surface area contributed by atoms with Crippen molar-refractivity contribution < 1.29 is 18.0 Å². The Labute approximate surface area is 173 Å². The van der Waals surface area contributed by atoms with E-state index < -0.39 is 11.7 Å². The fourth-order valence-corrected chi connectivity index (χ4v) is 3.43. The minimum absolute atomic E-state index is 0.0496. The summed E-state index contributed by atoms with van der Waals surface area (Å²) in [5.41, 5.74) is 1.02. The minimum Gasteiger partial charge on any atom is -0.369 e. The number of halogens is 4. The molecule has 0 bridgehead atoms. The van der Waals surface area contributed by atoms with Crippen molar-refractivity contribution in [2.45, 2.75) is 12.6 Å². The van der Waals surface area contributed by atoms with Gasteiger partial charge in [-0.1, -0.05) is 29.8 Å². The van der Waals surface area contributed by atoms with E-state index in [-0.39, 0.29) is 12.5 Å². The molecule has 1 amide bonds. The third-order valence-electron chi connectivity index (χ3n) is 4.93. The van der Waals surface area contributed by atoms with Crippen molar-refractivity contribution in [2.24, 2.45) is 0 Å². The summed E-state index contributed by atoms with van der Waals surface area (Å²) in [4.78, 5) is 16.1. The van der Waals surface area contributed by atoms with E-state index in [1.807, 2.05) is 34.1 Å². The van der Waals surface area contributed by atoms with Crippen molar-refractivity contribution in [3.63, 3.8) is 0 Å². The molecule has 1 aliphatic rings. The predicted octanol–water partition coefficient (Wildman–Crippen LogP) is 3.84. The number of rotatable bonds is 6. The molecule has 29 heavy (non-hydrogen) atoms. The fraction of sp³-hybridized carbons (Fsp3) is 0.381. The lowest BCUT2D eigenvalue weighted by atomic mass is 10.1. The summed E-state index contributed by atoms with van der Waals surface area (Å²) in [6, 6.07) is 12.9. The highest BCUT2D eigenvalue weighted by Crippen LogP contribution is 2.31. The van der Waals surface area contributed by atoms with Crippen LogP contribution >= 0.6 is 11.6 Å². The molecule has 8 heteroatoms. The van der Waals surface area contributed by atoms with Gasteiger partial charge < -0.3 is 10.2 Å². The van der Waals surface area contributed by atoms with Gasteiger partial charge >= 0.3 is 6.18 Å². The minimum atomic E-state index is -4.35. The molecule has 4 nitrogen and oxygen atoms in total. The SMILES string of the molecule is O=C(CN1CCN(c2cccc(C(F)(F)F)c2)CC1)NCCc1ccc(Cl)cc1. The van der Waals surface area contributed by atoms with E-state index in [4.69, 9.17) is 11.6 Å². The molecular formula is C21H23ClF3N3O. The number of hydrogen-bond donors (Lipinski definition) is 1. The van der Waals surface area contributed by atoms with E-state index in [0.717, 1.165) is 18.1 Å². The molecule has 1 aliphatic heterocycles. The van der Waals surface area contributed by atoms with E-state index in [0.29, 0.717) is 43.4 Å². The highest BCUT2D eigenvalue weighted by Gasteiger charge is 2.31. The lowest BCUT2D eigenvalue weighted by Gasteiger charge is -2.36. The Morgan fingerprint density at radius 1 is 1.03 bits per heavy atom. The van der Waals surface area contributed by atoms with E-state index in [1.165, 1.54) is 12.1 Å². The molecule has 0 aliphatic carbocycles. The maximum Gasteiger partial charge on any atom is 0.416 e. The van der Waals surface area contributed by atoms with Gasteiger partial charge in [-0.25, -0.2) is 0 Å². The quantitative estimate of drug-likeness (QED) is 0.763. The second-order valence-corrected chi connectivity index (χ2v) is 7.47. The molecule has 1 N–H and O–H groups in total. The van der Waals surface area contributed by atoms with Crippen LogP contribution in [0.3, 0.4) is 0 Å². The molecule has 0 radical (unpaired) electrons. The standard InChI is InChI=1S/C21H23ClF3N3O/c22-18-6-4-16(5-7-18)8-9-26-20(29)15-27-10-12-28(13-11-27)19-3-1-2-17(14-19)21(23,24)25/h1-7,14H,8-13,15H2,(H,26,29). The van der Waals surface area contributed by atoms with Crippen molar-refractivity contribution in [1.82, 2.24) is 10.2 Å². The van der Waals surface area contributed by atoms with Crippen molar-refractivity contribution in [2.75, 3.05) is 44.2 Å². The van der Waals surface area contributed by atoms with Crippen LogP contribution in [0, 0.1) is 0 Å². The number of carbonyl (C=O) groups excluding carboxylic acids is 1. The van der Waals surface area contributed by atoms with Crippen LogP contribution in [0.15, 0.2) is 48.5 Å². The molecular weight excluding hydrogens is 403 g/mol. The van der Waals surface area contributed by atoms with Crippen molar-refractivity contribution >= 4 is 23.2 Å². The second kappa shape index (κ2) is 9.50. The summed E-state index contributed by atoms with van der Waals surface area (Å²) < 4.78 is 38.7. The van der Waals surface area contributed by atoms with E-state index in [1.54, 1.807) is 6.07 Å². The second-order valence-electron chi connectivity index (χ2n) is 7.04. The molecule has 0 unspecified atom stereocenters. The van der Waals surface area contributed by atoms with Gasteiger partial charge in [-0.3, -0.25) is 9.69 Å². The average molecular weight is 426 g/mol. The number of piperazine rings is 1. The van der Waals surface area contributed by atoms with Crippen LogP contribution in [0.4, 0.5) is 18.9 Å². The number of alkyl halides is 3. The molecule has 0 aromatic heterocycles. The highest BCUT2D eigenvalue weighted by molar-refractivity contribution is 6.30. The molecule has 1 heterocycles. The summed E-state index contributed by atoms with van der Waals surface area (Å²) in [7, 11) is 0. The van der Waals surface area contributed by atoms with E-state index in [9.17, 15) is 18.0 Å². The summed E-state index contributed by atoms with van der Waals surface area (Å²) in [5, 5.41) is 3.59. The molecule has 2 aromatic carbocycles. The number of anilines is 1. The van der Waals surface area contributed by atoms with E-state index in [2.05, 4.69) is 5.32 Å². The molecule has 2 aromatic rings. The Morgan fingerprint density at radius 3 is 2.38 bits per heavy atom. The zero-order valence-electron chi connectivity index (χ0n) is 15.9. The third-order valence-corrected chi connectivity index (χ3v) is 5.18. The lowest BCUT2D eigenvalue weighted by molar-refractivity contribution is -0.137. The molecule has 1 saturated heterocycles. The Kier molecular flexibility index (Phi) is 7.03. The number of nitrogens with one attached hydrogen (secondary N) is 1. The first-order chi connectivity index (χ1) is 13.8. The first kappa shape index (κ1) is 21.5. The number of benzene rings is 2. The molecule has 156 valence electrons. The largest absolute Gasteiger partial charge is 0.416 e. The van der Waals surface area contributed by atoms with Gasteiger partial charge in [0.2, 0.25) is 5.91 Å². The number of carbonyl (C=O) groups is 1. The first-order valence-corrected chi connectivity index (χ1v) is 9.85. The van der Waals surface area contributed by atoms with Gasteiger partial charge in [0.1, 0.15) is 0 Å². The summed E-state index contributed by atoms with van der Waals surface area (Å²) in [6.45, 7) is 3.25. The molecule has 0 spiro atoms. The average Bonchev–Trinajstić information content (AvgIpc) is 2.69. The number of hydrogen-bond acceptors (Lipinski definition) is 3. The fourth-order valence-electron chi connectivity index (χ4n) is 3.30. The summed E-state index contributed by atoms with van der Waals surface area (Å²) in [5.74, 6) is -0.0496. The van der Waals surface area contributed by atoms with Crippen LogP contribution in [0.1, 0.15) is 11.1 Å². The van der Waals surface area contributed by atoms with Crippen molar-refractivity contribution in [1.29, 1.82) is 0 Å². The van der Waals surface area contributed by atoms with Gasteiger partial charge in [0.15, 0.2) is 0 Å². The predicted molar refractivity (Wildman–Crippen MR) is 108 cm³/mol. The summed E-state index contributed by atoms with van der Waals surface area (Å²) in [6.07, 6.45) is -3.62. The van der Waals surface area contributed by atoms with Gasteiger partial charge in [-0.15, -0.1) is 0 Å². The number of amides is 1. The maximum atomic E-state index is 12.9. The van der Waals surface area contributed by atoms with Crippen LogP contribution in [0.2, 0.25) is 5.02 Å². The Balaban J connectivity index is 1.41. The van der Waals surface area contributed by atoms with E-state index >= 15 is 0 Å². The maximum absolute atomic E-state index is 12.9. The molecule has 3 rings (SSSR count). The van der Waals surface area contributed by atoms with Crippen LogP contribution in [0.5, 0.6) is 0 Å². The van der Waals surface area contributed by atoms with Gasteiger partial charge in [-0.05, 0) is 42.3 Å². The Hall–Kier alpha value is -2.25. The topological polar surface area (TPSA) is 35.6 Å². The first-order valence-electron chi connectivity index (χ1n) is 9.47. The normalized spacial score (nSPS) is 15.4. The number of nitrogens with zero attached hydrogens (tertiary/aromatic N) is 2. The zero-order valence-corrected chi connectivity index (χ0v) is 16.6. The van der Waals surface area contributed by atoms with Crippen LogP contribution in [0.25, 0.3) is 0 Å². The lowest BCUT2D eigenvalue weighted by Crippen LogP contribution is -2.49. The van der Waals surface area contributed by atoms with Crippen molar-refractivity contribution in [3.8, 4) is 0 Å². The third kappa shape index (κ3) is 6.37. The summed E-state index contributed by atoms with van der Waals surface area (Å²) >= 11 is 5.85. The van der Waals surface area contributed by atoms with Crippen LogP contribution < -0.4 is 10.2 Å². The van der Waals surface area contributed by atoms with Gasteiger partial charge in [0.05, 0.1) is 12.1 Å². The van der Waals surface area contributed by atoms with Crippen molar-refractivity contribution in [3.05, 3.63) is 64.7 Å². The molecule has 0 atom stereocenters. The highest BCUT2D eigenvalue weighted by atomic mass is 35.5. The van der Waals surface area contributed by atoms with Gasteiger partial charge in [0, 0.05) is 43.4 Å². The zero-order chi connectivity index (χ0) is 20.9. The van der Waals surface area contributed by atoms with Crippen LogP contribution in [-0.2, 0) is 17.4 Å². The Bertz CT molecular complexity index is 819.